The number of aromatic nitrogens is 2. The van der Waals surface area contributed by atoms with E-state index in [0.29, 0.717) is 30.4 Å². The number of anilines is 2. The van der Waals surface area contributed by atoms with E-state index in [0.717, 1.165) is 5.56 Å². The molecule has 25 heavy (non-hydrogen) atoms. The van der Waals surface area contributed by atoms with Gasteiger partial charge in [-0.25, -0.2) is 22.8 Å². The molecule has 1 aliphatic heterocycles. The first-order chi connectivity index (χ1) is 11.8. The minimum absolute atomic E-state index is 0.0655. The monoisotopic (exact) mass is 364 g/mol. The molecule has 1 N–H and O–H groups in total. The predicted octanol–water partition coefficient (Wildman–Crippen LogP) is 2.16. The van der Waals surface area contributed by atoms with Gasteiger partial charge in [0.05, 0.1) is 11.5 Å². The van der Waals surface area contributed by atoms with Crippen LogP contribution in [0.25, 0.3) is 0 Å². The first-order valence-corrected chi connectivity index (χ1v) is 9.92. The van der Waals surface area contributed by atoms with E-state index in [1.807, 2.05) is 18.0 Å². The number of aryl methyl sites for hydroxylation is 1. The van der Waals surface area contributed by atoms with Gasteiger partial charge in [-0.15, -0.1) is 0 Å². The molecule has 8 heteroatoms. The van der Waals surface area contributed by atoms with Gasteiger partial charge in [0.1, 0.15) is 23.3 Å². The standard InChI is InChI=1S/C17H21FN4O2S/c1-12-20-16(19-10-13-3-5-14(18)6-4-13)9-17(21-12)22(2)15-7-8-25(23,24)11-15/h3-6,9,15H,7-8,10-11H2,1-2H3,(H,19,20,21). The Morgan fingerprint density at radius 2 is 2.00 bits per heavy atom. The highest BCUT2D eigenvalue weighted by Crippen LogP contribution is 2.23. The Bertz CT molecular complexity index is 855. The summed E-state index contributed by atoms with van der Waals surface area (Å²) in [5.41, 5.74) is 0.939. The van der Waals surface area contributed by atoms with Gasteiger partial charge in [0.15, 0.2) is 9.84 Å². The molecular formula is C17H21FN4O2S. The van der Waals surface area contributed by atoms with Crippen LogP contribution in [-0.4, -0.2) is 43.0 Å². The Hall–Kier alpha value is -2.22. The summed E-state index contributed by atoms with van der Waals surface area (Å²) >= 11 is 0. The number of nitrogens with one attached hydrogen (secondary N) is 1. The van der Waals surface area contributed by atoms with Crippen LogP contribution >= 0.6 is 0 Å². The van der Waals surface area contributed by atoms with Crippen molar-refractivity contribution in [2.24, 2.45) is 0 Å². The van der Waals surface area contributed by atoms with Gasteiger partial charge >= 0.3 is 0 Å². The van der Waals surface area contributed by atoms with Crippen molar-refractivity contribution in [3.63, 3.8) is 0 Å². The van der Waals surface area contributed by atoms with Gasteiger partial charge in [0.2, 0.25) is 0 Å². The summed E-state index contributed by atoms with van der Waals surface area (Å²) in [5.74, 6) is 2.06. The van der Waals surface area contributed by atoms with E-state index in [9.17, 15) is 12.8 Å². The smallest absolute Gasteiger partial charge is 0.152 e. The van der Waals surface area contributed by atoms with Crippen molar-refractivity contribution < 1.29 is 12.8 Å². The van der Waals surface area contributed by atoms with E-state index in [2.05, 4.69) is 15.3 Å². The number of nitrogens with zero attached hydrogens (tertiary/aromatic N) is 3. The Morgan fingerprint density at radius 3 is 2.64 bits per heavy atom. The van der Waals surface area contributed by atoms with E-state index in [4.69, 9.17) is 0 Å². The van der Waals surface area contributed by atoms with Crippen molar-refractivity contribution in [1.82, 2.24) is 9.97 Å². The molecule has 1 aliphatic rings. The van der Waals surface area contributed by atoms with Gasteiger partial charge in [0.25, 0.3) is 0 Å². The first-order valence-electron chi connectivity index (χ1n) is 8.10. The van der Waals surface area contributed by atoms with Crippen LogP contribution in [0.3, 0.4) is 0 Å². The van der Waals surface area contributed by atoms with Crippen molar-refractivity contribution in [3.05, 3.63) is 47.5 Å². The minimum Gasteiger partial charge on any atom is -0.366 e. The molecule has 0 amide bonds. The third-order valence-corrected chi connectivity index (χ3v) is 6.08. The van der Waals surface area contributed by atoms with Gasteiger partial charge in [-0.3, -0.25) is 0 Å². The summed E-state index contributed by atoms with van der Waals surface area (Å²) in [6, 6.07) is 8.01. The maximum atomic E-state index is 13.0. The fourth-order valence-electron chi connectivity index (χ4n) is 2.89. The topological polar surface area (TPSA) is 75.2 Å². The van der Waals surface area contributed by atoms with Gasteiger partial charge in [0, 0.05) is 25.7 Å². The summed E-state index contributed by atoms with van der Waals surface area (Å²) in [5, 5.41) is 3.20. The molecule has 0 aliphatic carbocycles. The lowest BCUT2D eigenvalue weighted by Gasteiger charge is -2.25. The molecule has 134 valence electrons. The Kier molecular flexibility index (Phi) is 4.89. The second-order valence-corrected chi connectivity index (χ2v) is 8.54. The predicted molar refractivity (Wildman–Crippen MR) is 96.0 cm³/mol. The Balaban J connectivity index is 1.72. The number of hydrogen-bond donors (Lipinski definition) is 1. The normalized spacial score (nSPS) is 18.9. The maximum absolute atomic E-state index is 13.0. The zero-order valence-electron chi connectivity index (χ0n) is 14.2. The van der Waals surface area contributed by atoms with Crippen LogP contribution in [-0.2, 0) is 16.4 Å². The lowest BCUT2D eigenvalue weighted by Crippen LogP contribution is -2.33. The van der Waals surface area contributed by atoms with Crippen LogP contribution in [0.4, 0.5) is 16.0 Å². The molecule has 1 fully saturated rings. The van der Waals surface area contributed by atoms with Gasteiger partial charge in [-0.1, -0.05) is 12.1 Å². The second kappa shape index (κ2) is 6.95. The van der Waals surface area contributed by atoms with Crippen LogP contribution in [0.5, 0.6) is 0 Å². The molecule has 2 heterocycles. The summed E-state index contributed by atoms with van der Waals surface area (Å²) < 4.78 is 36.3. The number of sulfone groups is 1. The molecule has 3 rings (SSSR count). The summed E-state index contributed by atoms with van der Waals surface area (Å²) in [6.07, 6.45) is 0.611. The third-order valence-electron chi connectivity index (χ3n) is 4.33. The van der Waals surface area contributed by atoms with Crippen molar-refractivity contribution in [2.45, 2.75) is 25.9 Å². The molecule has 0 bridgehead atoms. The molecule has 6 nitrogen and oxygen atoms in total. The summed E-state index contributed by atoms with van der Waals surface area (Å²) in [7, 11) is -1.09. The lowest BCUT2D eigenvalue weighted by atomic mass is 10.2. The van der Waals surface area contributed by atoms with Gasteiger partial charge in [-0.2, -0.15) is 0 Å². The molecule has 0 saturated carbocycles. The Labute approximate surface area is 147 Å². The SMILES string of the molecule is Cc1nc(NCc2ccc(F)cc2)cc(N(C)C2CCS(=O)(=O)C2)n1. The average molecular weight is 364 g/mol. The number of benzene rings is 1. The van der Waals surface area contributed by atoms with Crippen LogP contribution in [0.15, 0.2) is 30.3 Å². The highest BCUT2D eigenvalue weighted by atomic mass is 32.2. The van der Waals surface area contributed by atoms with E-state index in [-0.39, 0.29) is 23.4 Å². The first kappa shape index (κ1) is 17.6. The van der Waals surface area contributed by atoms with Crippen LogP contribution in [0.2, 0.25) is 0 Å². The van der Waals surface area contributed by atoms with Crippen molar-refractivity contribution >= 4 is 21.5 Å². The van der Waals surface area contributed by atoms with Crippen molar-refractivity contribution in [3.8, 4) is 0 Å². The average Bonchev–Trinajstić information content (AvgIpc) is 2.93. The van der Waals surface area contributed by atoms with Gasteiger partial charge in [-0.05, 0) is 31.0 Å². The molecule has 1 aromatic heterocycles. The minimum atomic E-state index is -2.95. The largest absolute Gasteiger partial charge is 0.366 e. The molecule has 1 atom stereocenters. The van der Waals surface area contributed by atoms with Crippen LogP contribution < -0.4 is 10.2 Å². The molecule has 1 unspecified atom stereocenters. The third kappa shape index (κ3) is 4.45. The number of hydrogen-bond acceptors (Lipinski definition) is 6. The highest BCUT2D eigenvalue weighted by Gasteiger charge is 2.31. The van der Waals surface area contributed by atoms with Crippen LogP contribution in [0.1, 0.15) is 17.8 Å². The number of rotatable bonds is 5. The van der Waals surface area contributed by atoms with E-state index >= 15 is 0 Å². The van der Waals surface area contributed by atoms with E-state index in [1.165, 1.54) is 12.1 Å². The highest BCUT2D eigenvalue weighted by molar-refractivity contribution is 7.91. The molecule has 1 aromatic carbocycles. The van der Waals surface area contributed by atoms with Crippen molar-refractivity contribution in [1.29, 1.82) is 0 Å². The van der Waals surface area contributed by atoms with Gasteiger partial charge < -0.3 is 10.2 Å². The Morgan fingerprint density at radius 1 is 1.28 bits per heavy atom. The molecular weight excluding hydrogens is 343 g/mol. The molecule has 1 saturated heterocycles. The van der Waals surface area contributed by atoms with E-state index in [1.54, 1.807) is 19.1 Å². The fraction of sp³-hybridized carbons (Fsp3) is 0.412. The molecule has 2 aromatic rings. The lowest BCUT2D eigenvalue weighted by molar-refractivity contribution is 0.600. The zero-order chi connectivity index (χ0) is 18.0. The quantitative estimate of drug-likeness (QED) is 0.876. The van der Waals surface area contributed by atoms with E-state index < -0.39 is 9.84 Å². The summed E-state index contributed by atoms with van der Waals surface area (Å²) in [6.45, 7) is 2.31. The fourth-order valence-corrected chi connectivity index (χ4v) is 4.66. The molecule has 0 spiro atoms. The molecule has 0 radical (unpaired) electrons. The maximum Gasteiger partial charge on any atom is 0.152 e. The second-order valence-electron chi connectivity index (χ2n) is 6.31. The van der Waals surface area contributed by atoms with Crippen LogP contribution in [0, 0.1) is 12.7 Å². The summed E-state index contributed by atoms with van der Waals surface area (Å²) in [4.78, 5) is 10.7. The number of halogens is 1. The van der Waals surface area contributed by atoms with Crippen molar-refractivity contribution in [2.75, 3.05) is 28.8 Å². The zero-order valence-corrected chi connectivity index (χ0v) is 15.1.